The Hall–Kier alpha value is -3.45. The average Bonchev–Trinajstić information content (AvgIpc) is 2.77. The lowest BCUT2D eigenvalue weighted by atomic mass is 9.74. The lowest BCUT2D eigenvalue weighted by Crippen LogP contribution is -2.19. The molecule has 0 aromatic heterocycles. The number of nitriles is 1. The molecule has 0 bridgehead atoms. The second kappa shape index (κ2) is 6.86. The van der Waals surface area contributed by atoms with Crippen molar-refractivity contribution in [1.29, 1.82) is 5.26 Å². The number of allylic oxidation sites excluding steroid dienone is 5. The van der Waals surface area contributed by atoms with Crippen molar-refractivity contribution in [1.82, 2.24) is 0 Å². The van der Waals surface area contributed by atoms with E-state index in [1.807, 2.05) is 18.2 Å². The molecule has 5 rings (SSSR count). The molecule has 4 heteroatoms. The highest BCUT2D eigenvalue weighted by atomic mass is 16.5. The summed E-state index contributed by atoms with van der Waals surface area (Å²) < 4.78 is 17.4. The van der Waals surface area contributed by atoms with Crippen LogP contribution in [0.3, 0.4) is 0 Å². The Bertz CT molecular complexity index is 1160. The van der Waals surface area contributed by atoms with E-state index in [-0.39, 0.29) is 0 Å². The highest BCUT2D eigenvalue weighted by Crippen LogP contribution is 2.52. The number of hydrogen-bond acceptors (Lipinski definition) is 4. The number of benzene rings is 2. The van der Waals surface area contributed by atoms with Crippen LogP contribution in [-0.4, -0.2) is 14.2 Å². The van der Waals surface area contributed by atoms with Crippen LogP contribution in [0.5, 0.6) is 11.5 Å². The number of hydrogen-bond donors (Lipinski definition) is 0. The van der Waals surface area contributed by atoms with Gasteiger partial charge < -0.3 is 14.2 Å². The molecule has 0 saturated heterocycles. The Morgan fingerprint density at radius 1 is 0.966 bits per heavy atom. The molecule has 29 heavy (non-hydrogen) atoms. The van der Waals surface area contributed by atoms with Gasteiger partial charge in [-0.1, -0.05) is 18.2 Å². The molecule has 3 aliphatic rings. The smallest absolute Gasteiger partial charge is 0.141 e. The van der Waals surface area contributed by atoms with Crippen LogP contribution in [0.15, 0.2) is 59.6 Å². The average molecular weight is 383 g/mol. The number of methoxy groups -OCH3 is 2. The van der Waals surface area contributed by atoms with E-state index in [1.54, 1.807) is 14.2 Å². The summed E-state index contributed by atoms with van der Waals surface area (Å²) in [5.74, 6) is 3.41. The van der Waals surface area contributed by atoms with E-state index in [0.717, 1.165) is 59.7 Å². The zero-order valence-electron chi connectivity index (χ0n) is 16.5. The van der Waals surface area contributed by atoms with Gasteiger partial charge in [0.1, 0.15) is 23.0 Å². The van der Waals surface area contributed by atoms with Crippen molar-refractivity contribution in [3.63, 3.8) is 0 Å². The normalized spacial score (nSPS) is 18.2. The van der Waals surface area contributed by atoms with E-state index in [4.69, 9.17) is 14.2 Å². The molecule has 144 valence electrons. The van der Waals surface area contributed by atoms with Gasteiger partial charge in [0.25, 0.3) is 0 Å². The molecule has 0 spiro atoms. The fourth-order valence-electron chi connectivity index (χ4n) is 4.74. The van der Waals surface area contributed by atoms with Crippen LogP contribution >= 0.6 is 0 Å². The number of nitrogens with zero attached hydrogens (tertiary/aromatic N) is 1. The Kier molecular flexibility index (Phi) is 4.17. The van der Waals surface area contributed by atoms with Gasteiger partial charge >= 0.3 is 0 Å². The van der Waals surface area contributed by atoms with Crippen LogP contribution in [0.1, 0.15) is 35.1 Å². The summed E-state index contributed by atoms with van der Waals surface area (Å²) in [4.78, 5) is 0. The first-order valence-corrected chi connectivity index (χ1v) is 9.83. The standard InChI is InChI=1S/C25H21NO3/c1-27-16-7-9-17-15(14-16)6-8-20-22(12-13-26)29-23-11-10-18-19(25(23)24(17)20)4-3-5-21(18)28-2/h3-5,7,9,12,14H,6,8,10-11H2,1-2H3/b22-12+. The first-order chi connectivity index (χ1) is 14.2. The van der Waals surface area contributed by atoms with E-state index in [0.29, 0.717) is 5.76 Å². The lowest BCUT2D eigenvalue weighted by Gasteiger charge is -2.35. The van der Waals surface area contributed by atoms with Crippen molar-refractivity contribution in [2.75, 3.05) is 14.2 Å². The molecule has 0 N–H and O–H groups in total. The first-order valence-electron chi connectivity index (χ1n) is 9.83. The maximum absolute atomic E-state index is 9.32. The van der Waals surface area contributed by atoms with Gasteiger partial charge in [0.2, 0.25) is 0 Å². The SMILES string of the molecule is COc1ccc2c(c1)CCC1=C2C2=C(CCc3c(OC)cccc32)O/C1=C/C#N. The highest BCUT2D eigenvalue weighted by molar-refractivity contribution is 6.11. The fraction of sp³-hybridized carbons (Fsp3) is 0.240. The molecule has 0 saturated carbocycles. The minimum atomic E-state index is 0.689. The van der Waals surface area contributed by atoms with Crippen LogP contribution in [0.2, 0.25) is 0 Å². The molecule has 1 aliphatic heterocycles. The monoisotopic (exact) mass is 383 g/mol. The molecule has 2 aromatic carbocycles. The maximum atomic E-state index is 9.32. The topological polar surface area (TPSA) is 51.5 Å². The van der Waals surface area contributed by atoms with Crippen LogP contribution in [0, 0.1) is 11.3 Å². The van der Waals surface area contributed by atoms with E-state index in [1.165, 1.54) is 28.3 Å². The molecule has 2 aliphatic carbocycles. The predicted molar refractivity (Wildman–Crippen MR) is 111 cm³/mol. The number of ether oxygens (including phenoxy) is 3. The third-order valence-electron chi connectivity index (χ3n) is 6.01. The van der Waals surface area contributed by atoms with E-state index >= 15 is 0 Å². The van der Waals surface area contributed by atoms with E-state index in [9.17, 15) is 5.26 Å². The van der Waals surface area contributed by atoms with Crippen molar-refractivity contribution in [3.8, 4) is 17.6 Å². The first kappa shape index (κ1) is 17.6. The molecule has 4 nitrogen and oxygen atoms in total. The zero-order valence-corrected chi connectivity index (χ0v) is 16.5. The second-order valence-corrected chi connectivity index (χ2v) is 7.40. The molecule has 0 unspecified atom stereocenters. The van der Waals surface area contributed by atoms with Crippen molar-refractivity contribution < 1.29 is 14.2 Å². The molecule has 1 heterocycles. The summed E-state index contributed by atoms with van der Waals surface area (Å²) in [7, 11) is 3.42. The van der Waals surface area contributed by atoms with Gasteiger partial charge in [-0.15, -0.1) is 0 Å². The number of rotatable bonds is 2. The molecular formula is C25H21NO3. The maximum Gasteiger partial charge on any atom is 0.141 e. The Morgan fingerprint density at radius 2 is 1.86 bits per heavy atom. The van der Waals surface area contributed by atoms with Crippen molar-refractivity contribution in [2.24, 2.45) is 0 Å². The van der Waals surface area contributed by atoms with Gasteiger partial charge in [-0.05, 0) is 54.2 Å². The Morgan fingerprint density at radius 3 is 2.66 bits per heavy atom. The number of fused-ring (bicyclic) bond motifs is 5. The van der Waals surface area contributed by atoms with Crippen LogP contribution in [0.25, 0.3) is 11.1 Å². The third-order valence-corrected chi connectivity index (χ3v) is 6.01. The molecule has 0 radical (unpaired) electrons. The lowest BCUT2D eigenvalue weighted by molar-refractivity contribution is 0.293. The summed E-state index contributed by atoms with van der Waals surface area (Å²) in [6.45, 7) is 0. The van der Waals surface area contributed by atoms with Gasteiger partial charge in [0.05, 0.1) is 26.4 Å². The van der Waals surface area contributed by atoms with Crippen LogP contribution < -0.4 is 9.47 Å². The predicted octanol–water partition coefficient (Wildman–Crippen LogP) is 5.20. The summed E-state index contributed by atoms with van der Waals surface area (Å²) in [6, 6.07) is 14.6. The van der Waals surface area contributed by atoms with Gasteiger partial charge in [0.15, 0.2) is 0 Å². The van der Waals surface area contributed by atoms with Gasteiger partial charge in [0, 0.05) is 28.7 Å². The summed E-state index contributed by atoms with van der Waals surface area (Å²) in [5.41, 5.74) is 8.28. The number of aryl methyl sites for hydroxylation is 1. The largest absolute Gasteiger partial charge is 0.497 e. The van der Waals surface area contributed by atoms with Gasteiger partial charge in [-0.25, -0.2) is 0 Å². The fourth-order valence-corrected chi connectivity index (χ4v) is 4.74. The summed E-state index contributed by atoms with van der Waals surface area (Å²) in [6.07, 6.45) is 4.91. The molecular weight excluding hydrogens is 362 g/mol. The van der Waals surface area contributed by atoms with Crippen molar-refractivity contribution in [2.45, 2.75) is 25.7 Å². The van der Waals surface area contributed by atoms with E-state index < -0.39 is 0 Å². The minimum Gasteiger partial charge on any atom is -0.497 e. The Labute approximate surface area is 170 Å². The highest BCUT2D eigenvalue weighted by Gasteiger charge is 2.35. The zero-order chi connectivity index (χ0) is 20.0. The van der Waals surface area contributed by atoms with Crippen molar-refractivity contribution in [3.05, 3.63) is 81.8 Å². The van der Waals surface area contributed by atoms with E-state index in [2.05, 4.69) is 24.3 Å². The molecule has 2 aromatic rings. The second-order valence-electron chi connectivity index (χ2n) is 7.40. The Balaban J connectivity index is 1.79. The van der Waals surface area contributed by atoms with Crippen LogP contribution in [0.4, 0.5) is 0 Å². The summed E-state index contributed by atoms with van der Waals surface area (Å²) in [5, 5.41) is 9.32. The van der Waals surface area contributed by atoms with Gasteiger partial charge in [-0.3, -0.25) is 0 Å². The van der Waals surface area contributed by atoms with Gasteiger partial charge in [-0.2, -0.15) is 5.26 Å². The third kappa shape index (κ3) is 2.66. The minimum absolute atomic E-state index is 0.689. The van der Waals surface area contributed by atoms with Crippen LogP contribution in [-0.2, 0) is 17.6 Å². The quantitative estimate of drug-likeness (QED) is 0.669. The van der Waals surface area contributed by atoms with Crippen molar-refractivity contribution >= 4 is 11.1 Å². The molecule has 0 amide bonds. The summed E-state index contributed by atoms with van der Waals surface area (Å²) >= 11 is 0. The molecule has 0 atom stereocenters. The molecule has 0 fully saturated rings.